The fraction of sp³-hybridized carbons (Fsp3) is 0.500. The molecule has 94 valence electrons. The van der Waals surface area contributed by atoms with Crippen molar-refractivity contribution in [2.45, 2.75) is 22.5 Å². The third-order valence-electron chi connectivity index (χ3n) is 2.84. The van der Waals surface area contributed by atoms with Crippen LogP contribution in [0.25, 0.3) is 0 Å². The number of nitrogens with zero attached hydrogens (tertiary/aromatic N) is 1. The second kappa shape index (κ2) is 4.76. The number of halogens is 1. The standard InChI is InChI=1S/C10H13ClN2O2S2/c1-16-10(4-5-10)7-13-17(14,15)8-3-2-6-12-9(8)11/h2-3,6,13H,4-5,7H2,1H3. The molecule has 1 aliphatic carbocycles. The van der Waals surface area contributed by atoms with E-state index in [2.05, 4.69) is 9.71 Å². The molecule has 0 aromatic carbocycles. The number of pyridine rings is 1. The maximum Gasteiger partial charge on any atom is 0.243 e. The predicted octanol–water partition coefficient (Wildman–Crippen LogP) is 1.91. The second-order valence-electron chi connectivity index (χ2n) is 4.00. The van der Waals surface area contributed by atoms with E-state index in [-0.39, 0.29) is 14.8 Å². The third kappa shape index (κ3) is 2.93. The third-order valence-corrected chi connectivity index (χ3v) is 6.10. The van der Waals surface area contributed by atoms with Crippen molar-refractivity contribution in [1.29, 1.82) is 0 Å². The van der Waals surface area contributed by atoms with Crippen LogP contribution in [0.2, 0.25) is 5.15 Å². The molecule has 1 aromatic heterocycles. The van der Waals surface area contributed by atoms with Crippen LogP contribution in [0.1, 0.15) is 12.8 Å². The fourth-order valence-electron chi connectivity index (χ4n) is 1.47. The summed E-state index contributed by atoms with van der Waals surface area (Å²) in [4.78, 5) is 3.81. The molecule has 2 rings (SSSR count). The number of sulfonamides is 1. The minimum atomic E-state index is -3.55. The van der Waals surface area contributed by atoms with Gasteiger partial charge in [-0.3, -0.25) is 0 Å². The number of nitrogens with one attached hydrogen (secondary N) is 1. The van der Waals surface area contributed by atoms with Crippen LogP contribution in [0.3, 0.4) is 0 Å². The van der Waals surface area contributed by atoms with Gasteiger partial charge in [-0.15, -0.1) is 0 Å². The first-order chi connectivity index (χ1) is 7.99. The molecular formula is C10H13ClN2O2S2. The Bertz CT molecular complexity index is 515. The van der Waals surface area contributed by atoms with Gasteiger partial charge in [0.05, 0.1) is 0 Å². The summed E-state index contributed by atoms with van der Waals surface area (Å²) in [5, 5.41) is 0.00833. The molecule has 0 saturated heterocycles. The van der Waals surface area contributed by atoms with Crippen molar-refractivity contribution < 1.29 is 8.42 Å². The molecule has 4 nitrogen and oxygen atoms in total. The molecule has 0 radical (unpaired) electrons. The topological polar surface area (TPSA) is 59.1 Å². The van der Waals surface area contributed by atoms with Crippen LogP contribution in [0.4, 0.5) is 0 Å². The van der Waals surface area contributed by atoms with Crippen molar-refractivity contribution in [2.75, 3.05) is 12.8 Å². The molecule has 0 atom stereocenters. The highest BCUT2D eigenvalue weighted by Gasteiger charge is 2.42. The van der Waals surface area contributed by atoms with E-state index in [0.717, 1.165) is 12.8 Å². The molecule has 1 saturated carbocycles. The molecule has 0 aliphatic heterocycles. The summed E-state index contributed by atoms with van der Waals surface area (Å²) in [7, 11) is -3.55. The van der Waals surface area contributed by atoms with Crippen LogP contribution >= 0.6 is 23.4 Å². The summed E-state index contributed by atoms with van der Waals surface area (Å²) in [6.07, 6.45) is 5.57. The highest BCUT2D eigenvalue weighted by molar-refractivity contribution is 8.00. The van der Waals surface area contributed by atoms with Crippen molar-refractivity contribution in [1.82, 2.24) is 9.71 Å². The van der Waals surface area contributed by atoms with Crippen LogP contribution in [0.5, 0.6) is 0 Å². The molecule has 1 fully saturated rings. The Morgan fingerprint density at radius 1 is 1.59 bits per heavy atom. The Morgan fingerprint density at radius 3 is 2.82 bits per heavy atom. The predicted molar refractivity (Wildman–Crippen MR) is 69.9 cm³/mol. The number of hydrogen-bond acceptors (Lipinski definition) is 4. The van der Waals surface area contributed by atoms with E-state index < -0.39 is 10.0 Å². The maximum atomic E-state index is 12.0. The lowest BCUT2D eigenvalue weighted by Gasteiger charge is -2.13. The zero-order valence-corrected chi connectivity index (χ0v) is 11.7. The molecule has 0 amide bonds. The second-order valence-corrected chi connectivity index (χ2v) is 7.37. The quantitative estimate of drug-likeness (QED) is 0.842. The molecule has 1 aliphatic rings. The van der Waals surface area contributed by atoms with E-state index in [1.807, 2.05) is 6.26 Å². The van der Waals surface area contributed by atoms with Crippen LogP contribution in [0.15, 0.2) is 23.2 Å². The van der Waals surface area contributed by atoms with Gasteiger partial charge in [-0.05, 0) is 31.2 Å². The molecule has 1 aromatic rings. The monoisotopic (exact) mass is 292 g/mol. The van der Waals surface area contributed by atoms with E-state index in [9.17, 15) is 8.42 Å². The molecule has 0 spiro atoms. The maximum absolute atomic E-state index is 12.0. The van der Waals surface area contributed by atoms with Crippen molar-refractivity contribution >= 4 is 33.4 Å². The zero-order chi connectivity index (χ0) is 12.5. The average Bonchev–Trinajstić information content (AvgIpc) is 3.08. The molecule has 0 unspecified atom stereocenters. The minimum Gasteiger partial charge on any atom is -0.243 e. The van der Waals surface area contributed by atoms with Gasteiger partial charge in [0.15, 0.2) is 0 Å². The minimum absolute atomic E-state index is 0.00833. The SMILES string of the molecule is CSC1(CNS(=O)(=O)c2cccnc2Cl)CC1. The lowest BCUT2D eigenvalue weighted by atomic mass is 10.4. The molecular weight excluding hydrogens is 280 g/mol. The van der Waals surface area contributed by atoms with Gasteiger partial charge in [0.25, 0.3) is 0 Å². The van der Waals surface area contributed by atoms with Gasteiger partial charge in [-0.2, -0.15) is 11.8 Å². The Balaban J connectivity index is 2.12. The molecule has 0 bridgehead atoms. The zero-order valence-electron chi connectivity index (χ0n) is 9.31. The Labute approximate surface area is 110 Å². The van der Waals surface area contributed by atoms with Gasteiger partial charge in [0.2, 0.25) is 10.0 Å². The highest BCUT2D eigenvalue weighted by Crippen LogP contribution is 2.46. The van der Waals surface area contributed by atoms with Crippen LogP contribution in [0, 0.1) is 0 Å². The van der Waals surface area contributed by atoms with Crippen LogP contribution in [-0.2, 0) is 10.0 Å². The smallest absolute Gasteiger partial charge is 0.243 e. The van der Waals surface area contributed by atoms with Crippen molar-refractivity contribution in [3.8, 4) is 0 Å². The van der Waals surface area contributed by atoms with E-state index >= 15 is 0 Å². The first-order valence-electron chi connectivity index (χ1n) is 5.14. The van der Waals surface area contributed by atoms with Crippen molar-refractivity contribution in [2.24, 2.45) is 0 Å². The van der Waals surface area contributed by atoms with Gasteiger partial charge in [0, 0.05) is 17.5 Å². The van der Waals surface area contributed by atoms with Gasteiger partial charge in [-0.25, -0.2) is 18.1 Å². The summed E-state index contributed by atoms with van der Waals surface area (Å²) in [5.74, 6) is 0. The largest absolute Gasteiger partial charge is 0.243 e. The van der Waals surface area contributed by atoms with Gasteiger partial charge < -0.3 is 0 Å². The van der Waals surface area contributed by atoms with Gasteiger partial charge in [0.1, 0.15) is 10.0 Å². The number of aromatic nitrogens is 1. The molecule has 1 N–H and O–H groups in total. The summed E-state index contributed by atoms with van der Waals surface area (Å²) in [6.45, 7) is 0.446. The van der Waals surface area contributed by atoms with Gasteiger partial charge >= 0.3 is 0 Å². The van der Waals surface area contributed by atoms with Gasteiger partial charge in [-0.1, -0.05) is 11.6 Å². The molecule has 1 heterocycles. The number of thioether (sulfide) groups is 1. The highest BCUT2D eigenvalue weighted by atomic mass is 35.5. The first kappa shape index (κ1) is 13.1. The first-order valence-corrected chi connectivity index (χ1v) is 8.23. The van der Waals surface area contributed by atoms with E-state index in [1.54, 1.807) is 17.8 Å². The Kier molecular flexibility index (Phi) is 3.68. The Morgan fingerprint density at radius 2 is 2.29 bits per heavy atom. The lowest BCUT2D eigenvalue weighted by molar-refractivity contribution is 0.579. The van der Waals surface area contributed by atoms with Crippen molar-refractivity contribution in [3.05, 3.63) is 23.5 Å². The summed E-state index contributed by atoms with van der Waals surface area (Å²) < 4.78 is 26.7. The van der Waals surface area contributed by atoms with E-state index in [0.29, 0.717) is 6.54 Å². The molecule has 7 heteroatoms. The Hall–Kier alpha value is -0.300. The summed E-state index contributed by atoms with van der Waals surface area (Å²) in [6, 6.07) is 3.01. The molecule has 17 heavy (non-hydrogen) atoms. The van der Waals surface area contributed by atoms with E-state index in [4.69, 9.17) is 11.6 Å². The normalized spacial score (nSPS) is 18.0. The van der Waals surface area contributed by atoms with Crippen LogP contribution in [-0.4, -0.2) is 30.9 Å². The summed E-state index contributed by atoms with van der Waals surface area (Å²) >= 11 is 7.48. The summed E-state index contributed by atoms with van der Waals surface area (Å²) in [5.41, 5.74) is 0. The van der Waals surface area contributed by atoms with Crippen molar-refractivity contribution in [3.63, 3.8) is 0 Å². The fourth-order valence-corrected chi connectivity index (χ4v) is 3.86. The number of rotatable bonds is 5. The van der Waals surface area contributed by atoms with Crippen LogP contribution < -0.4 is 4.72 Å². The van der Waals surface area contributed by atoms with E-state index in [1.165, 1.54) is 12.3 Å². The lowest BCUT2D eigenvalue weighted by Crippen LogP contribution is -2.32. The average molecular weight is 293 g/mol. The number of hydrogen-bond donors (Lipinski definition) is 1.